The van der Waals surface area contributed by atoms with Crippen molar-refractivity contribution < 1.29 is 24.9 Å². The lowest BCUT2D eigenvalue weighted by atomic mass is 9.49. The van der Waals surface area contributed by atoms with Crippen molar-refractivity contribution in [2.75, 3.05) is 13.1 Å². The summed E-state index contributed by atoms with van der Waals surface area (Å²) in [5.74, 6) is 0.749. The normalized spacial score (nSPS) is 36.0. The minimum absolute atomic E-state index is 0.0343. The van der Waals surface area contributed by atoms with Crippen molar-refractivity contribution in [3.63, 3.8) is 0 Å². The lowest BCUT2D eigenvalue weighted by molar-refractivity contribution is -0.172. The van der Waals surface area contributed by atoms with E-state index in [0.717, 1.165) is 49.9 Å². The Hall–Kier alpha value is -2.25. The Morgan fingerprint density at radius 1 is 1.08 bits per heavy atom. The van der Waals surface area contributed by atoms with Crippen molar-refractivity contribution >= 4 is 5.91 Å². The quantitative estimate of drug-likeness (QED) is 0.510. The van der Waals surface area contributed by atoms with Crippen LogP contribution in [0.15, 0.2) is 23.5 Å². The molecule has 3 fully saturated rings. The van der Waals surface area contributed by atoms with Crippen LogP contribution in [0, 0.1) is 5.92 Å². The van der Waals surface area contributed by atoms with Crippen LogP contribution in [0.3, 0.4) is 0 Å². The zero-order chi connectivity index (χ0) is 24.7. The first-order chi connectivity index (χ1) is 17.4. The van der Waals surface area contributed by atoms with Crippen LogP contribution >= 0.6 is 0 Å². The summed E-state index contributed by atoms with van der Waals surface area (Å²) in [5.41, 5.74) is 0.0812. The van der Waals surface area contributed by atoms with E-state index in [0.29, 0.717) is 24.5 Å². The maximum atomic E-state index is 13.7. The van der Waals surface area contributed by atoms with E-state index >= 15 is 0 Å². The molecule has 1 saturated heterocycles. The Kier molecular flexibility index (Phi) is 5.17. The Labute approximate surface area is 212 Å². The fourth-order valence-electron chi connectivity index (χ4n) is 8.24. The zero-order valence-corrected chi connectivity index (χ0v) is 21.0. The molecule has 2 bridgehead atoms. The molecule has 0 unspecified atom stereocenters. The van der Waals surface area contributed by atoms with Gasteiger partial charge in [0.25, 0.3) is 5.91 Å². The molecule has 6 aliphatic rings. The van der Waals surface area contributed by atoms with Crippen molar-refractivity contribution in [2.24, 2.45) is 5.92 Å². The number of hydrogen-bond acceptors (Lipinski definition) is 6. The number of aliphatic hydroxyl groups excluding tert-OH is 1. The molecule has 1 amide bonds. The van der Waals surface area contributed by atoms with E-state index in [4.69, 9.17) is 4.74 Å². The van der Waals surface area contributed by atoms with Gasteiger partial charge in [0.15, 0.2) is 17.6 Å². The monoisotopic (exact) mass is 494 g/mol. The van der Waals surface area contributed by atoms with Crippen LogP contribution < -0.4 is 10.1 Å². The molecule has 0 radical (unpaired) electrons. The average molecular weight is 495 g/mol. The number of aliphatic hydroxyl groups is 2. The number of rotatable bonds is 4. The predicted molar refractivity (Wildman–Crippen MR) is 134 cm³/mol. The van der Waals surface area contributed by atoms with Crippen LogP contribution in [-0.4, -0.2) is 63.0 Å². The number of nitrogens with zero attached hydrogens (tertiary/aromatic N) is 1. The predicted octanol–water partition coefficient (Wildman–Crippen LogP) is 3.61. The van der Waals surface area contributed by atoms with Gasteiger partial charge in [0, 0.05) is 30.6 Å². The lowest BCUT2D eigenvalue weighted by Gasteiger charge is -2.62. The molecule has 4 aliphatic carbocycles. The second kappa shape index (κ2) is 8.12. The number of nitrogens with one attached hydrogen (secondary N) is 1. The van der Waals surface area contributed by atoms with Gasteiger partial charge in [-0.05, 0) is 62.6 Å². The summed E-state index contributed by atoms with van der Waals surface area (Å²) < 4.78 is 6.31. The molecule has 1 aromatic rings. The van der Waals surface area contributed by atoms with E-state index in [1.165, 1.54) is 32.1 Å². The molecule has 194 valence electrons. The highest BCUT2D eigenvalue weighted by atomic mass is 16.5. The van der Waals surface area contributed by atoms with Gasteiger partial charge in [-0.1, -0.05) is 38.2 Å². The van der Waals surface area contributed by atoms with Crippen molar-refractivity contribution in [3.8, 4) is 11.5 Å². The zero-order valence-electron chi connectivity index (χ0n) is 21.0. The Balaban J connectivity index is 1.29. The Morgan fingerprint density at radius 2 is 1.83 bits per heavy atom. The van der Waals surface area contributed by atoms with Gasteiger partial charge in [-0.2, -0.15) is 0 Å². The van der Waals surface area contributed by atoms with Gasteiger partial charge in [0.2, 0.25) is 0 Å². The lowest BCUT2D eigenvalue weighted by Crippen LogP contribution is -2.75. The second-order valence-electron chi connectivity index (χ2n) is 12.3. The third kappa shape index (κ3) is 3.14. The van der Waals surface area contributed by atoms with Gasteiger partial charge in [-0.3, -0.25) is 9.69 Å². The fourth-order valence-corrected chi connectivity index (χ4v) is 8.24. The number of aromatic hydroxyl groups is 1. The molecular weight excluding hydrogens is 456 g/mol. The van der Waals surface area contributed by atoms with Gasteiger partial charge in [0.1, 0.15) is 5.76 Å². The summed E-state index contributed by atoms with van der Waals surface area (Å²) in [6.07, 6.45) is 10.8. The molecule has 2 aliphatic heterocycles. The number of piperidine rings is 1. The molecule has 4 atom stereocenters. The number of benzene rings is 1. The van der Waals surface area contributed by atoms with Gasteiger partial charge in [-0.25, -0.2) is 0 Å². The SMILES string of the molecule is O=C(NC1CCCCCCC1)C1=C(O)[C@@H]2Oc3c(O)ccc4c3[C@@]23CCN(CC2CC2)[C@H](C4)[C@]3(O)C1. The summed E-state index contributed by atoms with van der Waals surface area (Å²) in [7, 11) is 0. The molecule has 2 heterocycles. The Morgan fingerprint density at radius 3 is 2.58 bits per heavy atom. The van der Waals surface area contributed by atoms with E-state index in [2.05, 4.69) is 10.2 Å². The van der Waals surface area contributed by atoms with Crippen LogP contribution in [0.5, 0.6) is 11.5 Å². The molecule has 4 N–H and O–H groups in total. The molecule has 7 heteroatoms. The maximum absolute atomic E-state index is 13.7. The van der Waals surface area contributed by atoms with Crippen LogP contribution in [0.4, 0.5) is 0 Å². The number of carbonyl (C=O) groups excluding carboxylic acids is 1. The number of carbonyl (C=O) groups is 1. The maximum Gasteiger partial charge on any atom is 0.251 e. The third-order valence-corrected chi connectivity index (χ3v) is 10.2. The van der Waals surface area contributed by atoms with E-state index in [1.807, 2.05) is 6.07 Å². The highest BCUT2D eigenvalue weighted by Gasteiger charge is 2.73. The van der Waals surface area contributed by atoms with Gasteiger partial charge < -0.3 is 25.4 Å². The van der Waals surface area contributed by atoms with Crippen LogP contribution in [0.1, 0.15) is 81.8 Å². The minimum atomic E-state index is -1.25. The van der Waals surface area contributed by atoms with E-state index < -0.39 is 17.1 Å². The highest BCUT2D eigenvalue weighted by Crippen LogP contribution is 2.66. The summed E-state index contributed by atoms with van der Waals surface area (Å²) >= 11 is 0. The second-order valence-corrected chi connectivity index (χ2v) is 12.3. The fraction of sp³-hybridized carbons (Fsp3) is 0.690. The first-order valence-electron chi connectivity index (χ1n) is 14.1. The third-order valence-electron chi connectivity index (χ3n) is 10.2. The van der Waals surface area contributed by atoms with E-state index in [-0.39, 0.29) is 41.5 Å². The van der Waals surface area contributed by atoms with Crippen molar-refractivity contribution in [1.82, 2.24) is 10.2 Å². The molecule has 1 aromatic carbocycles. The highest BCUT2D eigenvalue weighted by molar-refractivity contribution is 5.95. The van der Waals surface area contributed by atoms with Crippen LogP contribution in [0.2, 0.25) is 0 Å². The van der Waals surface area contributed by atoms with E-state index in [1.54, 1.807) is 6.07 Å². The number of hydrogen-bond donors (Lipinski definition) is 4. The number of ether oxygens (including phenoxy) is 1. The Bertz CT molecular complexity index is 1120. The van der Waals surface area contributed by atoms with Crippen LogP contribution in [0.25, 0.3) is 0 Å². The summed E-state index contributed by atoms with van der Waals surface area (Å²) in [6.45, 7) is 1.78. The minimum Gasteiger partial charge on any atom is -0.508 e. The first-order valence-corrected chi connectivity index (χ1v) is 14.1. The number of phenols is 1. The van der Waals surface area contributed by atoms with Gasteiger partial charge in [-0.15, -0.1) is 0 Å². The first kappa shape index (κ1) is 22.9. The average Bonchev–Trinajstić information content (AvgIpc) is 3.57. The molecular formula is C29H38N2O5. The topological polar surface area (TPSA) is 102 Å². The van der Waals surface area contributed by atoms with Gasteiger partial charge >= 0.3 is 0 Å². The number of likely N-dealkylation sites (tertiary alicyclic amines) is 1. The molecule has 0 aromatic heterocycles. The van der Waals surface area contributed by atoms with Crippen molar-refractivity contribution in [2.45, 2.75) is 106 Å². The molecule has 7 nitrogen and oxygen atoms in total. The summed E-state index contributed by atoms with van der Waals surface area (Å²) in [6, 6.07) is 3.56. The van der Waals surface area contributed by atoms with Crippen molar-refractivity contribution in [3.05, 3.63) is 34.6 Å². The van der Waals surface area contributed by atoms with Gasteiger partial charge in [0.05, 0.1) is 16.6 Å². The summed E-state index contributed by atoms with van der Waals surface area (Å²) in [4.78, 5) is 16.1. The molecule has 36 heavy (non-hydrogen) atoms. The van der Waals surface area contributed by atoms with Crippen molar-refractivity contribution in [1.29, 1.82) is 0 Å². The molecule has 7 rings (SSSR count). The standard InChI is InChI=1S/C29H38N2O5/c32-21-11-10-18-14-22-29(35)15-20(27(34)30-19-6-4-2-1-3-5-7-19)24(33)26-28(29,23(18)25(21)36-26)12-13-31(22)16-17-8-9-17/h10-11,17,19,22,26,32-33,35H,1-9,12-16H2,(H,30,34)/t22-,26+,28+,29-/m1/s1. The largest absolute Gasteiger partial charge is 0.508 e. The molecule has 1 spiro atoms. The number of amides is 1. The van der Waals surface area contributed by atoms with E-state index in [9.17, 15) is 20.1 Å². The van der Waals surface area contributed by atoms with Crippen LogP contribution in [-0.2, 0) is 16.6 Å². The smallest absolute Gasteiger partial charge is 0.251 e. The number of phenolic OH excluding ortho intramolecular Hbond substituents is 1. The molecule has 2 saturated carbocycles. The summed E-state index contributed by atoms with van der Waals surface area (Å²) in [5, 5.41) is 38.2.